The Hall–Kier alpha value is -4.18. The third kappa shape index (κ3) is 8.19. The molecule has 1 aliphatic rings. The molecule has 222 valence electrons. The van der Waals surface area contributed by atoms with E-state index in [0.29, 0.717) is 23.6 Å². The first-order valence-electron chi connectivity index (χ1n) is 13.8. The molecule has 10 heteroatoms. The molecule has 9 nitrogen and oxygen atoms in total. The van der Waals surface area contributed by atoms with Gasteiger partial charge >= 0.3 is 5.97 Å². The van der Waals surface area contributed by atoms with Gasteiger partial charge in [0.05, 0.1) is 5.75 Å². The van der Waals surface area contributed by atoms with Crippen molar-refractivity contribution < 1.29 is 28.0 Å². The molecule has 1 heterocycles. The molecule has 0 spiro atoms. The lowest BCUT2D eigenvalue weighted by molar-refractivity contribution is -0.139. The van der Waals surface area contributed by atoms with Crippen molar-refractivity contribution in [3.05, 3.63) is 95.1 Å². The van der Waals surface area contributed by atoms with E-state index in [4.69, 9.17) is 4.84 Å². The van der Waals surface area contributed by atoms with Crippen molar-refractivity contribution in [3.63, 3.8) is 0 Å². The number of carbonyl (C=O) groups excluding carboxylic acids is 1. The molecular formula is C32H37N3O6S. The van der Waals surface area contributed by atoms with Crippen LogP contribution in [0.25, 0.3) is 11.1 Å². The summed E-state index contributed by atoms with van der Waals surface area (Å²) in [6, 6.07) is 22.2. The SMILES string of the molecule is CO/N=C1\C[C@@H](Cc2ccccc2)CN1Cc1ccc(C(=O)N[C@@H](CCS(C)(=O)=O)C(=O)O)c(-c2ccccc2C)c1. The lowest BCUT2D eigenvalue weighted by atomic mass is 9.93. The first kappa shape index (κ1) is 30.8. The normalized spacial score (nSPS) is 16.8. The van der Waals surface area contributed by atoms with Crippen molar-refractivity contribution in [1.82, 2.24) is 10.2 Å². The summed E-state index contributed by atoms with van der Waals surface area (Å²) in [7, 11) is -1.85. The third-order valence-electron chi connectivity index (χ3n) is 7.40. The second-order valence-electron chi connectivity index (χ2n) is 10.8. The van der Waals surface area contributed by atoms with E-state index in [1.54, 1.807) is 13.2 Å². The molecule has 0 aromatic heterocycles. The van der Waals surface area contributed by atoms with Gasteiger partial charge in [-0.2, -0.15) is 0 Å². The minimum atomic E-state index is -3.40. The summed E-state index contributed by atoms with van der Waals surface area (Å²) in [4.78, 5) is 32.6. The first-order chi connectivity index (χ1) is 20.0. The van der Waals surface area contributed by atoms with Crippen molar-refractivity contribution >= 4 is 27.5 Å². The van der Waals surface area contributed by atoms with Crippen LogP contribution in [0.2, 0.25) is 0 Å². The number of benzene rings is 3. The Morgan fingerprint density at radius 1 is 1.05 bits per heavy atom. The largest absolute Gasteiger partial charge is 0.480 e. The lowest BCUT2D eigenvalue weighted by Crippen LogP contribution is -2.42. The minimum absolute atomic E-state index is 0.224. The number of carbonyl (C=O) groups is 2. The number of amides is 1. The van der Waals surface area contributed by atoms with Gasteiger partial charge in [-0.15, -0.1) is 0 Å². The highest BCUT2D eigenvalue weighted by atomic mass is 32.2. The van der Waals surface area contributed by atoms with Crippen LogP contribution >= 0.6 is 0 Å². The van der Waals surface area contributed by atoms with Crippen molar-refractivity contribution in [2.75, 3.05) is 25.7 Å². The minimum Gasteiger partial charge on any atom is -0.480 e. The quantitative estimate of drug-likeness (QED) is 0.301. The summed E-state index contributed by atoms with van der Waals surface area (Å²) in [5.74, 6) is -0.966. The fourth-order valence-electron chi connectivity index (χ4n) is 5.34. The molecule has 2 atom stereocenters. The Morgan fingerprint density at radius 2 is 1.76 bits per heavy atom. The Labute approximate surface area is 247 Å². The molecule has 0 unspecified atom stereocenters. The van der Waals surface area contributed by atoms with Crippen LogP contribution in [0.5, 0.6) is 0 Å². The Kier molecular flexibility index (Phi) is 10.0. The van der Waals surface area contributed by atoms with Crippen LogP contribution in [-0.4, -0.2) is 67.8 Å². The van der Waals surface area contributed by atoms with Gasteiger partial charge < -0.3 is 20.2 Å². The average molecular weight is 592 g/mol. The van der Waals surface area contributed by atoms with E-state index in [2.05, 4.69) is 27.5 Å². The monoisotopic (exact) mass is 591 g/mol. The highest BCUT2D eigenvalue weighted by molar-refractivity contribution is 7.90. The number of carboxylic acid groups (broad SMARTS) is 1. The van der Waals surface area contributed by atoms with Gasteiger partial charge in [0.15, 0.2) is 0 Å². The van der Waals surface area contributed by atoms with Gasteiger partial charge in [-0.25, -0.2) is 13.2 Å². The molecule has 0 saturated carbocycles. The van der Waals surface area contributed by atoms with Crippen molar-refractivity contribution in [3.8, 4) is 11.1 Å². The first-order valence-corrected chi connectivity index (χ1v) is 15.9. The second kappa shape index (κ2) is 13.7. The van der Waals surface area contributed by atoms with Crippen LogP contribution in [-0.2, 0) is 32.4 Å². The summed E-state index contributed by atoms with van der Waals surface area (Å²) in [6.07, 6.45) is 2.53. The smallest absolute Gasteiger partial charge is 0.326 e. The molecule has 0 bridgehead atoms. The molecule has 0 aliphatic carbocycles. The highest BCUT2D eigenvalue weighted by Crippen LogP contribution is 2.30. The van der Waals surface area contributed by atoms with Gasteiger partial charge in [0.1, 0.15) is 28.8 Å². The van der Waals surface area contributed by atoms with Gasteiger partial charge in [-0.1, -0.05) is 65.8 Å². The number of hydrogen-bond donors (Lipinski definition) is 2. The molecule has 3 aromatic carbocycles. The van der Waals surface area contributed by atoms with Crippen LogP contribution in [0.15, 0.2) is 78.0 Å². The van der Waals surface area contributed by atoms with E-state index in [1.807, 2.05) is 61.5 Å². The van der Waals surface area contributed by atoms with Crippen LogP contribution in [0.4, 0.5) is 0 Å². The molecule has 4 rings (SSSR count). The van der Waals surface area contributed by atoms with E-state index in [9.17, 15) is 23.1 Å². The van der Waals surface area contributed by atoms with Gasteiger partial charge in [-0.05, 0) is 65.6 Å². The predicted molar refractivity (Wildman–Crippen MR) is 163 cm³/mol. The van der Waals surface area contributed by atoms with Crippen molar-refractivity contribution in [2.45, 2.75) is 38.8 Å². The van der Waals surface area contributed by atoms with E-state index in [0.717, 1.165) is 48.2 Å². The molecule has 42 heavy (non-hydrogen) atoms. The number of oxime groups is 1. The molecule has 1 fully saturated rings. The molecule has 2 N–H and O–H groups in total. The van der Waals surface area contributed by atoms with Gasteiger partial charge in [0, 0.05) is 31.3 Å². The van der Waals surface area contributed by atoms with Gasteiger partial charge in [-0.3, -0.25) is 4.79 Å². The maximum atomic E-state index is 13.4. The summed E-state index contributed by atoms with van der Waals surface area (Å²) in [6.45, 7) is 3.31. The fraction of sp³-hybridized carbons (Fsp3) is 0.344. The second-order valence-corrected chi connectivity index (χ2v) is 13.1. The third-order valence-corrected chi connectivity index (χ3v) is 8.37. The maximum Gasteiger partial charge on any atom is 0.326 e. The van der Waals surface area contributed by atoms with Crippen LogP contribution < -0.4 is 5.32 Å². The standard InChI is InChI=1S/C32H37N3O6S/c1-22-9-7-8-12-26(22)28-18-24(13-14-27(28)31(36)33-29(32(37)38)15-16-42(3,39)40)20-35-21-25(19-30(35)34-41-2)17-23-10-5-4-6-11-23/h4-14,18,25,29H,15-17,19-21H2,1-3H3,(H,33,36)(H,37,38)/b34-30+/t25-,29+/m1/s1. The molecular weight excluding hydrogens is 554 g/mol. The van der Waals surface area contributed by atoms with Gasteiger partial charge in [0.2, 0.25) is 0 Å². The average Bonchev–Trinajstić information content (AvgIpc) is 3.31. The predicted octanol–water partition coefficient (Wildman–Crippen LogP) is 4.30. The number of rotatable bonds is 12. The Balaban J connectivity index is 1.61. The number of aryl methyl sites for hydroxylation is 1. The summed E-state index contributed by atoms with van der Waals surface area (Å²) < 4.78 is 23.2. The molecule has 1 aliphatic heterocycles. The number of carboxylic acids is 1. The number of aliphatic carboxylic acids is 1. The maximum absolute atomic E-state index is 13.4. The van der Waals surface area contributed by atoms with Crippen LogP contribution in [0.1, 0.15) is 39.9 Å². The number of nitrogens with one attached hydrogen (secondary N) is 1. The van der Waals surface area contributed by atoms with Crippen LogP contribution in [0.3, 0.4) is 0 Å². The van der Waals surface area contributed by atoms with Crippen molar-refractivity contribution in [2.24, 2.45) is 11.1 Å². The number of likely N-dealkylation sites (tertiary alicyclic amines) is 1. The van der Waals surface area contributed by atoms with Crippen molar-refractivity contribution in [1.29, 1.82) is 0 Å². The zero-order valence-corrected chi connectivity index (χ0v) is 24.9. The highest BCUT2D eigenvalue weighted by Gasteiger charge is 2.29. The lowest BCUT2D eigenvalue weighted by Gasteiger charge is -2.21. The Morgan fingerprint density at radius 3 is 2.43 bits per heavy atom. The molecule has 3 aromatic rings. The molecule has 1 saturated heterocycles. The fourth-order valence-corrected chi connectivity index (χ4v) is 6.00. The number of hydrogen-bond acceptors (Lipinski definition) is 6. The number of nitrogens with zero attached hydrogens (tertiary/aromatic N) is 2. The van der Waals surface area contributed by atoms with E-state index in [1.165, 1.54) is 5.56 Å². The topological polar surface area (TPSA) is 125 Å². The summed E-state index contributed by atoms with van der Waals surface area (Å²) >= 11 is 0. The van der Waals surface area contributed by atoms with Gasteiger partial charge in [0.25, 0.3) is 5.91 Å². The number of sulfone groups is 1. The molecule has 1 amide bonds. The zero-order chi connectivity index (χ0) is 30.3. The zero-order valence-electron chi connectivity index (χ0n) is 24.1. The van der Waals surface area contributed by atoms with E-state index in [-0.39, 0.29) is 12.2 Å². The van der Waals surface area contributed by atoms with Crippen LogP contribution in [0, 0.1) is 12.8 Å². The molecule has 0 radical (unpaired) electrons. The Bertz CT molecular complexity index is 1560. The number of amidine groups is 1. The summed E-state index contributed by atoms with van der Waals surface area (Å²) in [5, 5.41) is 16.5. The van der Waals surface area contributed by atoms with E-state index >= 15 is 0 Å². The van der Waals surface area contributed by atoms with E-state index < -0.39 is 27.8 Å². The summed E-state index contributed by atoms with van der Waals surface area (Å²) in [5.41, 5.74) is 5.02.